The van der Waals surface area contributed by atoms with Crippen LogP contribution in [-0.2, 0) is 0 Å². The Morgan fingerprint density at radius 1 is 1.45 bits per heavy atom. The first-order valence-corrected chi connectivity index (χ1v) is 6.47. The predicted molar refractivity (Wildman–Crippen MR) is 71.6 cm³/mol. The fourth-order valence-electron chi connectivity index (χ4n) is 2.29. The van der Waals surface area contributed by atoms with Gasteiger partial charge in [0.15, 0.2) is 0 Å². The number of pyridine rings is 1. The summed E-state index contributed by atoms with van der Waals surface area (Å²) in [6.07, 6.45) is 1.69. The normalized spacial score (nSPS) is 18.2. The van der Waals surface area contributed by atoms with Crippen LogP contribution in [0.25, 0.3) is 0 Å². The second-order valence-corrected chi connectivity index (χ2v) is 4.63. The van der Waals surface area contributed by atoms with Crippen LogP contribution >= 0.6 is 0 Å². The van der Waals surface area contributed by atoms with Crippen LogP contribution in [0.15, 0.2) is 12.1 Å². The molecule has 6 heteroatoms. The molecule has 0 bridgehead atoms. The van der Waals surface area contributed by atoms with Gasteiger partial charge in [-0.1, -0.05) is 0 Å². The standard InChI is InChI=1S/C14H17N3O3/c1-19-12-6-5-11(13(16-12)20-2)14(18)17-7-3-4-10(8-15)9-17/h5-6,10H,3-4,7,9H2,1-2H3. The molecule has 20 heavy (non-hydrogen) atoms. The summed E-state index contributed by atoms with van der Waals surface area (Å²) in [6.45, 7) is 1.12. The summed E-state index contributed by atoms with van der Waals surface area (Å²) in [7, 11) is 2.97. The first kappa shape index (κ1) is 14.1. The molecule has 0 N–H and O–H groups in total. The van der Waals surface area contributed by atoms with Crippen LogP contribution in [0.5, 0.6) is 11.8 Å². The molecule has 2 heterocycles. The number of carbonyl (C=O) groups is 1. The third-order valence-corrected chi connectivity index (χ3v) is 3.36. The van der Waals surface area contributed by atoms with Crippen LogP contribution in [-0.4, -0.2) is 43.1 Å². The lowest BCUT2D eigenvalue weighted by molar-refractivity contribution is 0.0694. The van der Waals surface area contributed by atoms with Crippen molar-refractivity contribution in [1.29, 1.82) is 5.26 Å². The van der Waals surface area contributed by atoms with Crippen molar-refractivity contribution in [1.82, 2.24) is 9.88 Å². The number of amides is 1. The number of ether oxygens (including phenoxy) is 2. The van der Waals surface area contributed by atoms with Crippen LogP contribution in [0.3, 0.4) is 0 Å². The Morgan fingerprint density at radius 2 is 2.25 bits per heavy atom. The lowest BCUT2D eigenvalue weighted by atomic mass is 9.99. The van der Waals surface area contributed by atoms with Crippen LogP contribution in [0.1, 0.15) is 23.2 Å². The van der Waals surface area contributed by atoms with Gasteiger partial charge in [-0.15, -0.1) is 0 Å². The van der Waals surface area contributed by atoms with E-state index >= 15 is 0 Å². The molecule has 106 valence electrons. The highest BCUT2D eigenvalue weighted by Crippen LogP contribution is 2.24. The quantitative estimate of drug-likeness (QED) is 0.835. The molecule has 0 aliphatic carbocycles. The SMILES string of the molecule is COc1ccc(C(=O)N2CCCC(C#N)C2)c(OC)n1. The number of rotatable bonds is 3. The van der Waals surface area contributed by atoms with E-state index in [4.69, 9.17) is 14.7 Å². The zero-order valence-corrected chi connectivity index (χ0v) is 11.6. The zero-order valence-electron chi connectivity index (χ0n) is 11.6. The Bertz CT molecular complexity index is 539. The summed E-state index contributed by atoms with van der Waals surface area (Å²) in [5, 5.41) is 8.99. The number of methoxy groups -OCH3 is 2. The maximum atomic E-state index is 12.5. The van der Waals surface area contributed by atoms with E-state index in [1.165, 1.54) is 14.2 Å². The lowest BCUT2D eigenvalue weighted by Crippen LogP contribution is -2.39. The zero-order chi connectivity index (χ0) is 14.5. The lowest BCUT2D eigenvalue weighted by Gasteiger charge is -2.29. The van der Waals surface area contributed by atoms with Gasteiger partial charge in [-0.2, -0.15) is 10.2 Å². The molecule has 6 nitrogen and oxygen atoms in total. The van der Waals surface area contributed by atoms with E-state index in [-0.39, 0.29) is 17.7 Å². The number of hydrogen-bond donors (Lipinski definition) is 0. The molecular weight excluding hydrogens is 258 g/mol. The first-order valence-electron chi connectivity index (χ1n) is 6.47. The van der Waals surface area contributed by atoms with Crippen LogP contribution in [0, 0.1) is 17.2 Å². The molecule has 1 aromatic heterocycles. The van der Waals surface area contributed by atoms with Crippen LogP contribution in [0.4, 0.5) is 0 Å². The smallest absolute Gasteiger partial charge is 0.259 e. The highest BCUT2D eigenvalue weighted by atomic mass is 16.5. The third kappa shape index (κ3) is 2.82. The highest BCUT2D eigenvalue weighted by molar-refractivity contribution is 5.96. The summed E-state index contributed by atoms with van der Waals surface area (Å²) < 4.78 is 10.2. The van der Waals surface area contributed by atoms with Gasteiger partial charge in [0, 0.05) is 19.2 Å². The number of aromatic nitrogens is 1. The van der Waals surface area contributed by atoms with E-state index in [0.717, 1.165) is 12.8 Å². The fourth-order valence-corrected chi connectivity index (χ4v) is 2.29. The van der Waals surface area contributed by atoms with Crippen molar-refractivity contribution in [3.63, 3.8) is 0 Å². The van der Waals surface area contributed by atoms with E-state index in [2.05, 4.69) is 11.1 Å². The van der Waals surface area contributed by atoms with Crippen molar-refractivity contribution >= 4 is 5.91 Å². The van der Waals surface area contributed by atoms with Crippen molar-refractivity contribution < 1.29 is 14.3 Å². The first-order chi connectivity index (χ1) is 9.69. The van der Waals surface area contributed by atoms with Crippen LogP contribution < -0.4 is 9.47 Å². The Hall–Kier alpha value is -2.29. The summed E-state index contributed by atoms with van der Waals surface area (Å²) in [5.74, 6) is 0.391. The van der Waals surface area contributed by atoms with Gasteiger partial charge < -0.3 is 14.4 Å². The third-order valence-electron chi connectivity index (χ3n) is 3.36. The van der Waals surface area contributed by atoms with Gasteiger partial charge in [0.25, 0.3) is 5.91 Å². The minimum absolute atomic E-state index is 0.0927. The average molecular weight is 275 g/mol. The van der Waals surface area contributed by atoms with Crippen molar-refractivity contribution in [2.75, 3.05) is 27.3 Å². The maximum absolute atomic E-state index is 12.5. The van der Waals surface area contributed by atoms with E-state index in [9.17, 15) is 4.79 Å². The number of nitrogens with zero attached hydrogens (tertiary/aromatic N) is 3. The van der Waals surface area contributed by atoms with Crippen molar-refractivity contribution in [3.8, 4) is 17.8 Å². The van der Waals surface area contributed by atoms with Gasteiger partial charge in [0.2, 0.25) is 11.8 Å². The summed E-state index contributed by atoms with van der Waals surface area (Å²) in [5.41, 5.74) is 0.395. The molecule has 1 aromatic rings. The fraction of sp³-hybridized carbons (Fsp3) is 0.500. The van der Waals surface area contributed by atoms with Crippen LogP contribution in [0.2, 0.25) is 0 Å². The Balaban J connectivity index is 2.22. The predicted octanol–water partition coefficient (Wildman–Crippen LogP) is 1.47. The summed E-state index contributed by atoms with van der Waals surface area (Å²) >= 11 is 0. The molecule has 0 saturated carbocycles. The number of piperidine rings is 1. The second-order valence-electron chi connectivity index (χ2n) is 4.63. The Kier molecular flexibility index (Phi) is 4.41. The molecule has 0 aromatic carbocycles. The molecule has 1 atom stereocenters. The van der Waals surface area contributed by atoms with E-state index < -0.39 is 0 Å². The average Bonchev–Trinajstić information content (AvgIpc) is 2.53. The number of likely N-dealkylation sites (tertiary alicyclic amines) is 1. The number of hydrogen-bond acceptors (Lipinski definition) is 5. The van der Waals surface area contributed by atoms with E-state index in [0.29, 0.717) is 24.5 Å². The molecule has 2 rings (SSSR count). The van der Waals surface area contributed by atoms with Gasteiger partial charge >= 0.3 is 0 Å². The molecule has 1 amide bonds. The van der Waals surface area contributed by atoms with Gasteiger partial charge in [0.1, 0.15) is 5.56 Å². The molecule has 1 unspecified atom stereocenters. The van der Waals surface area contributed by atoms with Gasteiger partial charge in [-0.05, 0) is 18.9 Å². The molecule has 1 saturated heterocycles. The monoisotopic (exact) mass is 275 g/mol. The second kappa shape index (κ2) is 6.24. The van der Waals surface area contributed by atoms with Gasteiger partial charge in [0.05, 0.1) is 26.2 Å². The maximum Gasteiger partial charge on any atom is 0.259 e. The molecule has 1 aliphatic rings. The molecule has 1 fully saturated rings. The van der Waals surface area contributed by atoms with Gasteiger partial charge in [-0.25, -0.2) is 0 Å². The topological polar surface area (TPSA) is 75.5 Å². The Morgan fingerprint density at radius 3 is 2.90 bits per heavy atom. The number of carbonyl (C=O) groups excluding carboxylic acids is 1. The molecule has 1 aliphatic heterocycles. The van der Waals surface area contributed by atoms with Gasteiger partial charge in [-0.3, -0.25) is 4.79 Å². The largest absolute Gasteiger partial charge is 0.481 e. The van der Waals surface area contributed by atoms with E-state index in [1.54, 1.807) is 17.0 Å². The minimum Gasteiger partial charge on any atom is -0.481 e. The summed E-state index contributed by atoms with van der Waals surface area (Å²) in [6, 6.07) is 5.49. The highest BCUT2D eigenvalue weighted by Gasteiger charge is 2.26. The minimum atomic E-state index is -0.156. The van der Waals surface area contributed by atoms with Crippen molar-refractivity contribution in [2.45, 2.75) is 12.8 Å². The molecule has 0 radical (unpaired) electrons. The summed E-state index contributed by atoms with van der Waals surface area (Å²) in [4.78, 5) is 18.3. The number of nitriles is 1. The molecule has 0 spiro atoms. The van der Waals surface area contributed by atoms with E-state index in [1.807, 2.05) is 0 Å². The molecular formula is C14H17N3O3. The van der Waals surface area contributed by atoms with Crippen molar-refractivity contribution in [3.05, 3.63) is 17.7 Å². The van der Waals surface area contributed by atoms with Crippen molar-refractivity contribution in [2.24, 2.45) is 5.92 Å². The Labute approximate surface area is 117 Å².